The van der Waals surface area contributed by atoms with Crippen LogP contribution in [0, 0.1) is 0 Å². The molecule has 0 heterocycles. The van der Waals surface area contributed by atoms with Crippen molar-refractivity contribution in [1.29, 1.82) is 0 Å². The molecule has 0 rings (SSSR count). The molecule has 0 aliphatic rings. The SMILES string of the molecule is O.[H-].[Li+].[O]=[Pb]=[O].[TeH2]. The molecule has 0 spiro atoms. The Morgan fingerprint density at radius 2 is 1.33 bits per heavy atom. The summed E-state index contributed by atoms with van der Waals surface area (Å²) in [6.07, 6.45) is 0. The van der Waals surface area contributed by atoms with Crippen LogP contribution in [0.4, 0.5) is 0 Å². The second-order valence-electron chi connectivity index (χ2n) is 0.0833. The normalized spacial score (nSPS) is 1.33. The molecule has 0 atom stereocenters. The van der Waals surface area contributed by atoms with Crippen LogP contribution in [0.3, 0.4) is 0 Å². The third-order valence-electron chi connectivity index (χ3n) is 0. The van der Waals surface area contributed by atoms with Crippen LogP contribution < -0.4 is 18.9 Å². The van der Waals surface area contributed by atoms with Crippen molar-refractivity contribution in [3.63, 3.8) is 0 Å². The van der Waals surface area contributed by atoms with Gasteiger partial charge in [-0.3, -0.25) is 0 Å². The molecule has 0 amide bonds. The molecule has 0 saturated heterocycles. The third kappa shape index (κ3) is 39.8. The van der Waals surface area contributed by atoms with E-state index in [1.54, 1.807) is 0 Å². The van der Waals surface area contributed by atoms with Gasteiger partial charge in [0, 0.05) is 0 Å². The van der Waals surface area contributed by atoms with Gasteiger partial charge in [0.2, 0.25) is 0 Å². The van der Waals surface area contributed by atoms with Gasteiger partial charge in [-0.05, 0) is 0 Å². The standard InChI is InChI=1S/Li.H2O.2O.Pb.H2Te.H/h;1H2;;;;1H2;/q+1;;;;;;-1. The van der Waals surface area contributed by atoms with Crippen molar-refractivity contribution in [1.82, 2.24) is 0 Å². The molecule has 0 aliphatic heterocycles. The van der Waals surface area contributed by atoms with E-state index in [2.05, 4.69) is 0 Å². The van der Waals surface area contributed by atoms with Crippen LogP contribution in [-0.2, 0) is 5.37 Å². The molecule has 34 valence electrons. The van der Waals surface area contributed by atoms with E-state index in [9.17, 15) is 0 Å². The second kappa shape index (κ2) is 28.7. The van der Waals surface area contributed by atoms with Gasteiger partial charge in [-0.2, -0.15) is 0 Å². The molecule has 6 heavy (non-hydrogen) atoms. The molecule has 3 nitrogen and oxygen atoms in total. The quantitative estimate of drug-likeness (QED) is 0.385. The van der Waals surface area contributed by atoms with E-state index in [1.165, 1.54) is 0 Å². The van der Waals surface area contributed by atoms with Crippen molar-refractivity contribution >= 4 is 47.9 Å². The van der Waals surface area contributed by atoms with Gasteiger partial charge >= 0.3 is 72.2 Å². The molecule has 2 N–H and O–H groups in total. The molecular formula is H5LiO3PbTe. The van der Waals surface area contributed by atoms with Gasteiger partial charge in [0.1, 0.15) is 0 Å². The van der Waals surface area contributed by atoms with Gasteiger partial charge in [0.05, 0.1) is 0 Å². The number of rotatable bonds is 0. The van der Waals surface area contributed by atoms with Crippen molar-refractivity contribution in [2.24, 2.45) is 0 Å². The Labute approximate surface area is 78.1 Å². The molecule has 6 heteroatoms. The minimum atomic E-state index is -2.42. The molecule has 0 aliphatic carbocycles. The summed E-state index contributed by atoms with van der Waals surface area (Å²) in [4.78, 5) is 0. The van der Waals surface area contributed by atoms with Gasteiger partial charge in [-0.25, -0.2) is 0 Å². The van der Waals surface area contributed by atoms with E-state index in [1.807, 2.05) is 0 Å². The Morgan fingerprint density at radius 1 is 1.33 bits per heavy atom. The molecule has 0 radical (unpaired) electrons. The van der Waals surface area contributed by atoms with Crippen LogP contribution in [0.5, 0.6) is 0 Å². The van der Waals surface area contributed by atoms with Crippen LogP contribution >= 0.6 is 0 Å². The van der Waals surface area contributed by atoms with E-state index in [-0.39, 0.29) is 49.4 Å². The molecule has 0 saturated carbocycles. The number of hydrogen-bond donors (Lipinski definition) is 0. The summed E-state index contributed by atoms with van der Waals surface area (Å²) in [6, 6.07) is 0. The van der Waals surface area contributed by atoms with E-state index in [0.717, 1.165) is 0 Å². The van der Waals surface area contributed by atoms with Crippen molar-refractivity contribution in [3.05, 3.63) is 0 Å². The molecule has 0 bridgehead atoms. The van der Waals surface area contributed by atoms with Crippen LogP contribution in [-0.4, -0.2) is 53.4 Å². The topological polar surface area (TPSA) is 65.6 Å². The third-order valence-corrected chi connectivity index (χ3v) is 0. The maximum absolute atomic E-state index is 8.57. The van der Waals surface area contributed by atoms with Gasteiger partial charge in [-0.15, -0.1) is 0 Å². The fraction of sp³-hybridized carbons (Fsp3) is 0. The zero-order chi connectivity index (χ0) is 2.71. The Balaban J connectivity index is -0.00000000333. The van der Waals surface area contributed by atoms with Crippen molar-refractivity contribution in [2.75, 3.05) is 0 Å². The van der Waals surface area contributed by atoms with Crippen molar-refractivity contribution < 1.29 is 31.1 Å². The summed E-state index contributed by atoms with van der Waals surface area (Å²) >= 11 is -2.42. The zero-order valence-corrected chi connectivity index (χ0v) is 10.1. The monoisotopic (exact) mass is 398 g/mol. The first kappa shape index (κ1) is 24.8. The van der Waals surface area contributed by atoms with Gasteiger partial charge < -0.3 is 6.90 Å². The summed E-state index contributed by atoms with van der Waals surface area (Å²) in [6.45, 7) is 0. The molecule has 0 aromatic carbocycles. The van der Waals surface area contributed by atoms with E-state index >= 15 is 0 Å². The summed E-state index contributed by atoms with van der Waals surface area (Å²) in [5, 5.41) is 0. The Bertz CT molecular complexity index is 35.9. The summed E-state index contributed by atoms with van der Waals surface area (Å²) in [5.41, 5.74) is 0. The van der Waals surface area contributed by atoms with Crippen LogP contribution in [0.1, 0.15) is 1.43 Å². The first-order valence-electron chi connectivity index (χ1n) is 0.408. The molecule has 0 aromatic heterocycles. The zero-order valence-electron chi connectivity index (χ0n) is 4.32. The van der Waals surface area contributed by atoms with Crippen molar-refractivity contribution in [3.8, 4) is 0 Å². The van der Waals surface area contributed by atoms with Gasteiger partial charge in [-0.1, -0.05) is 0 Å². The van der Waals surface area contributed by atoms with Crippen molar-refractivity contribution in [2.45, 2.75) is 0 Å². The maximum atomic E-state index is 8.57. The van der Waals surface area contributed by atoms with E-state index in [4.69, 9.17) is 5.37 Å². The van der Waals surface area contributed by atoms with Gasteiger partial charge in [0.15, 0.2) is 0 Å². The predicted octanol–water partition coefficient (Wildman–Crippen LogP) is -5.24. The summed E-state index contributed by atoms with van der Waals surface area (Å²) < 4.78 is 17.1. The van der Waals surface area contributed by atoms with E-state index < -0.39 is 24.3 Å². The molecule has 0 aromatic rings. The first-order valence-corrected chi connectivity index (χ1v) is 3.58. The van der Waals surface area contributed by atoms with Crippen LogP contribution in [0.15, 0.2) is 0 Å². The average molecular weight is 395 g/mol. The van der Waals surface area contributed by atoms with Crippen LogP contribution in [0.25, 0.3) is 0 Å². The van der Waals surface area contributed by atoms with Crippen LogP contribution in [0.2, 0.25) is 0 Å². The minimum absolute atomic E-state index is 0. The number of hydrogen-bond acceptors (Lipinski definition) is 2. The Kier molecular flexibility index (Phi) is 119. The average Bonchev–Trinajstić information content (AvgIpc) is 0.918. The van der Waals surface area contributed by atoms with Gasteiger partial charge in [0.25, 0.3) is 0 Å². The predicted molar refractivity (Wildman–Crippen MR) is 20.4 cm³/mol. The summed E-state index contributed by atoms with van der Waals surface area (Å²) in [7, 11) is 0. The second-order valence-corrected chi connectivity index (χ2v) is 0.731. The fourth-order valence-electron chi connectivity index (χ4n) is 0. The first-order chi connectivity index (χ1) is 1.41. The fourth-order valence-corrected chi connectivity index (χ4v) is 0. The molecule has 0 unspecified atom stereocenters. The Hall–Kier alpha value is 1.87. The molecule has 0 fully saturated rings. The Morgan fingerprint density at radius 3 is 1.33 bits per heavy atom. The van der Waals surface area contributed by atoms with E-state index in [0.29, 0.717) is 0 Å². The summed E-state index contributed by atoms with van der Waals surface area (Å²) in [5.74, 6) is 0. The molecular weight excluding hydrogens is 390 g/mol.